The van der Waals surface area contributed by atoms with Crippen molar-refractivity contribution in [1.29, 1.82) is 0 Å². The van der Waals surface area contributed by atoms with Crippen LogP contribution in [0.15, 0.2) is 72.8 Å². The van der Waals surface area contributed by atoms with E-state index in [0.717, 1.165) is 22.0 Å². The fourth-order valence-electron chi connectivity index (χ4n) is 2.95. The molecule has 3 aromatic carbocycles. The number of aromatic carboxylic acids is 2. The number of ketones is 1. The molecule has 17 heteroatoms. The number of rotatable bonds is 11. The maximum Gasteiger partial charge on any atom is 1.00 e. The van der Waals surface area contributed by atoms with Gasteiger partial charge in [0.15, 0.2) is 16.0 Å². The van der Waals surface area contributed by atoms with Gasteiger partial charge in [0, 0.05) is 53.0 Å². The van der Waals surface area contributed by atoms with E-state index in [0.29, 0.717) is 35.2 Å². The summed E-state index contributed by atoms with van der Waals surface area (Å²) in [5.74, 6) is -0.302. The van der Waals surface area contributed by atoms with Gasteiger partial charge in [0.05, 0.1) is 23.6 Å². The summed E-state index contributed by atoms with van der Waals surface area (Å²) in [6.45, 7) is 8.68. The Labute approximate surface area is 385 Å². The number of hydrogen-bond acceptors (Lipinski definition) is 11. The van der Waals surface area contributed by atoms with Crippen LogP contribution in [0.25, 0.3) is 0 Å². The van der Waals surface area contributed by atoms with Gasteiger partial charge in [-0.15, -0.1) is 11.6 Å². The Morgan fingerprint density at radius 2 is 1.02 bits per heavy atom. The van der Waals surface area contributed by atoms with E-state index in [4.69, 9.17) is 33.4 Å². The Kier molecular flexibility index (Phi) is 35.4. The molecule has 10 nitrogen and oxygen atoms in total. The number of Topliss-reactive ketones (excluding diaryl/α,β-unsaturated/α-hetero) is 1. The Morgan fingerprint density at radius 3 is 1.25 bits per heavy atom. The van der Waals surface area contributed by atoms with Crippen molar-refractivity contribution < 1.29 is 99.9 Å². The molecule has 0 atom stereocenters. The second-order valence-corrected chi connectivity index (χ2v) is 14.4. The van der Waals surface area contributed by atoms with Crippen LogP contribution >= 0.6 is 62.7 Å². The molecule has 0 radical (unpaired) electrons. The number of carbonyl (C=O) groups is 7. The summed E-state index contributed by atoms with van der Waals surface area (Å²) in [7, 11) is 0. The van der Waals surface area contributed by atoms with Crippen LogP contribution in [-0.2, 0) is 48.6 Å². The zero-order chi connectivity index (χ0) is 40.2. The van der Waals surface area contributed by atoms with E-state index >= 15 is 0 Å². The Hall–Kier alpha value is -1.63. The first kappa shape index (κ1) is 55.7. The van der Waals surface area contributed by atoms with Crippen molar-refractivity contribution in [2.24, 2.45) is 5.92 Å². The summed E-state index contributed by atoms with van der Waals surface area (Å²) < 4.78 is 4.43. The standard InChI is InChI=1S/C11H11ClO2S.C10H10O3S.C8H7BrO2.C5H9ClO2.C2H4OS.K/c1-8(13)15-7-9-2-4-10(5-3-9)11(14)6-12;1-7(11)14-6-8-2-4-9(5-3-8)10(12)13;9-5-6-1-3-7(4-2-6)8(10)11;1-4(2)3-8-5(6)7;1-2(3)4;/h2-5H,6-7H2,1H3;2-5H,6H2,1H3,(H,12,13);1-4H,5H2,(H,10,11);4H,3H2,1-2H3;1H3,(H,3,4);/q;;;;;+1/p-1. The van der Waals surface area contributed by atoms with Gasteiger partial charge in [-0.1, -0.05) is 102 Å². The largest absolute Gasteiger partial charge is 1.00 e. The van der Waals surface area contributed by atoms with E-state index in [1.807, 2.05) is 26.0 Å². The van der Waals surface area contributed by atoms with Gasteiger partial charge in [0.1, 0.15) is 0 Å². The summed E-state index contributed by atoms with van der Waals surface area (Å²) >= 11 is 20.0. The fraction of sp³-hybridized carbons (Fsp3) is 0.306. The first-order valence-corrected chi connectivity index (χ1v) is 19.4. The molecule has 0 saturated carbocycles. The van der Waals surface area contributed by atoms with Gasteiger partial charge in [-0.3, -0.25) is 14.4 Å². The van der Waals surface area contributed by atoms with Gasteiger partial charge in [0.25, 0.3) is 0 Å². The molecule has 0 spiro atoms. The van der Waals surface area contributed by atoms with Gasteiger partial charge >= 0.3 is 68.8 Å². The number of ether oxygens (including phenoxy) is 1. The molecular weight excluding hydrogens is 878 g/mol. The van der Waals surface area contributed by atoms with E-state index in [2.05, 4.69) is 33.3 Å². The third-order valence-corrected chi connectivity index (χ3v) is 8.14. The molecule has 53 heavy (non-hydrogen) atoms. The molecule has 0 aliphatic rings. The van der Waals surface area contributed by atoms with Gasteiger partial charge in [-0.2, -0.15) is 0 Å². The van der Waals surface area contributed by atoms with Crippen molar-refractivity contribution in [1.82, 2.24) is 0 Å². The molecule has 2 N–H and O–H groups in total. The molecule has 3 rings (SSSR count). The minimum absolute atomic E-state index is 0. The molecule has 0 aliphatic heterocycles. The number of hydrogen-bond donors (Lipinski definition) is 2. The first-order valence-electron chi connectivity index (χ1n) is 15.0. The minimum Gasteiger partial charge on any atom is -0.742 e. The van der Waals surface area contributed by atoms with Crippen LogP contribution in [0.1, 0.15) is 82.4 Å². The SMILES string of the molecule is CC(=O)SCc1ccc(C(=O)CCl)cc1.CC(=O)SCc1ccc(C(=O)O)cc1.CC(=O)[S-].CC(C)COC(=O)Cl.O=C(O)c1ccc(CBr)cc1.[K+]. The zero-order valence-corrected chi connectivity index (χ0v) is 38.7. The van der Waals surface area contributed by atoms with Crippen LogP contribution in [0, 0.1) is 5.92 Å². The van der Waals surface area contributed by atoms with Crippen molar-refractivity contribution in [3.63, 3.8) is 0 Å². The molecule has 0 aliphatic carbocycles. The third kappa shape index (κ3) is 33.4. The smallest absolute Gasteiger partial charge is 0.742 e. The number of alkyl halides is 2. The molecule has 0 unspecified atom stereocenters. The van der Waals surface area contributed by atoms with Gasteiger partial charge in [-0.05, 0) is 53.8 Å². The molecule has 0 fully saturated rings. The van der Waals surface area contributed by atoms with Crippen molar-refractivity contribution in [2.45, 2.75) is 51.5 Å². The normalized spacial score (nSPS) is 9.30. The van der Waals surface area contributed by atoms with Gasteiger partial charge in [-0.25, -0.2) is 14.4 Å². The second-order valence-electron chi connectivity index (χ2n) is 10.4. The average Bonchev–Trinajstić information content (AvgIpc) is 3.09. The molecular formula is C36H40BrCl2KO10S3. The molecule has 284 valence electrons. The summed E-state index contributed by atoms with van der Waals surface area (Å²) in [6.07, 6.45) is 0. The summed E-state index contributed by atoms with van der Waals surface area (Å²) in [5.41, 5.74) is 3.54. The van der Waals surface area contributed by atoms with Gasteiger partial charge in [0.2, 0.25) is 0 Å². The number of carboxylic acids is 2. The van der Waals surface area contributed by atoms with Crippen LogP contribution in [0.2, 0.25) is 0 Å². The Balaban J connectivity index is -0.000000616. The average molecular weight is 919 g/mol. The number of thioether (sulfide) groups is 2. The topological polar surface area (TPSA) is 169 Å². The number of carboxylic acid groups (broad SMARTS) is 2. The number of benzene rings is 3. The summed E-state index contributed by atoms with van der Waals surface area (Å²) in [6, 6.07) is 20.5. The van der Waals surface area contributed by atoms with Crippen LogP contribution in [-0.4, -0.2) is 61.2 Å². The molecule has 3 aromatic rings. The minimum atomic E-state index is -0.934. The monoisotopic (exact) mass is 916 g/mol. The first-order chi connectivity index (χ1) is 24.3. The van der Waals surface area contributed by atoms with E-state index < -0.39 is 17.4 Å². The second kappa shape index (κ2) is 33.7. The maximum atomic E-state index is 11.2. The van der Waals surface area contributed by atoms with Crippen molar-refractivity contribution in [3.05, 3.63) is 106 Å². The fourth-order valence-corrected chi connectivity index (χ4v) is 4.66. The Morgan fingerprint density at radius 1 is 0.698 bits per heavy atom. The van der Waals surface area contributed by atoms with E-state index in [1.165, 1.54) is 44.3 Å². The quantitative estimate of drug-likeness (QED) is 0.0710. The summed E-state index contributed by atoms with van der Waals surface area (Å²) in [5, 5.41) is 17.8. The molecule has 0 amide bonds. The van der Waals surface area contributed by atoms with Crippen LogP contribution in [0.5, 0.6) is 0 Å². The van der Waals surface area contributed by atoms with Crippen LogP contribution in [0.4, 0.5) is 4.79 Å². The van der Waals surface area contributed by atoms with Crippen LogP contribution in [0.3, 0.4) is 0 Å². The third-order valence-electron chi connectivity index (χ3n) is 5.37. The molecule has 0 bridgehead atoms. The number of carbonyl (C=O) groups excluding carboxylic acids is 5. The van der Waals surface area contributed by atoms with Crippen LogP contribution < -0.4 is 51.4 Å². The van der Waals surface area contributed by atoms with Crippen molar-refractivity contribution >= 4 is 114 Å². The molecule has 0 saturated heterocycles. The van der Waals surface area contributed by atoms with Crippen molar-refractivity contribution in [3.8, 4) is 0 Å². The Bertz CT molecular complexity index is 1570. The molecule has 0 aromatic heterocycles. The predicted octanol–water partition coefficient (Wildman–Crippen LogP) is 6.43. The van der Waals surface area contributed by atoms with Crippen molar-refractivity contribution in [2.75, 3.05) is 12.5 Å². The predicted molar refractivity (Wildman–Crippen MR) is 215 cm³/mol. The summed E-state index contributed by atoms with van der Waals surface area (Å²) in [4.78, 5) is 72.6. The van der Waals surface area contributed by atoms with E-state index in [9.17, 15) is 33.6 Å². The zero-order valence-electron chi connectivity index (χ0n) is 30.1. The maximum absolute atomic E-state index is 11.2. The van der Waals surface area contributed by atoms with E-state index in [1.54, 1.807) is 60.7 Å². The number of halogens is 3. The van der Waals surface area contributed by atoms with Gasteiger partial charge < -0.3 is 32.4 Å². The van der Waals surface area contributed by atoms with E-state index in [-0.39, 0.29) is 84.0 Å². The molecule has 0 heterocycles.